The monoisotopic (exact) mass is 318 g/mol. The molecule has 1 saturated carbocycles. The highest BCUT2D eigenvalue weighted by Crippen LogP contribution is 2.35. The average Bonchev–Trinajstić information content (AvgIpc) is 3.11. The number of hydrogen-bond acceptors (Lipinski definition) is 2. The van der Waals surface area contributed by atoms with Gasteiger partial charge in [0.1, 0.15) is 0 Å². The molecule has 3 nitrogen and oxygen atoms in total. The summed E-state index contributed by atoms with van der Waals surface area (Å²) in [5.74, 6) is 0.890. The Kier molecular flexibility index (Phi) is 3.87. The minimum Gasteiger partial charge on any atom is -0.348 e. The summed E-state index contributed by atoms with van der Waals surface area (Å²) < 4.78 is 0. The molecule has 1 heterocycles. The fourth-order valence-corrected chi connectivity index (χ4v) is 4.72. The van der Waals surface area contributed by atoms with Crippen molar-refractivity contribution in [2.45, 2.75) is 63.1 Å². The molecule has 1 aromatic carbocycles. The topological polar surface area (TPSA) is 41.1 Å². The van der Waals surface area contributed by atoms with Gasteiger partial charge in [0.15, 0.2) is 0 Å². The van der Waals surface area contributed by atoms with E-state index in [-0.39, 0.29) is 18.0 Å². The number of halogens is 1. The van der Waals surface area contributed by atoms with E-state index in [0.29, 0.717) is 12.0 Å². The quantitative estimate of drug-likeness (QED) is 0.878. The zero-order valence-corrected chi connectivity index (χ0v) is 13.5. The van der Waals surface area contributed by atoms with E-state index in [1.807, 2.05) is 12.1 Å². The maximum absolute atomic E-state index is 12.6. The summed E-state index contributed by atoms with van der Waals surface area (Å²) in [7, 11) is 0. The SMILES string of the molecule is O=C(NC1CCc2cc(Cl)ccc21)C1CC2CCCCC2N1. The molecule has 22 heavy (non-hydrogen) atoms. The van der Waals surface area contributed by atoms with Crippen LogP contribution < -0.4 is 10.6 Å². The molecule has 4 unspecified atom stereocenters. The van der Waals surface area contributed by atoms with E-state index in [1.54, 1.807) is 0 Å². The third-order valence-corrected chi connectivity index (χ3v) is 5.91. The number of carbonyl (C=O) groups excluding carboxylic acids is 1. The Balaban J connectivity index is 1.41. The maximum atomic E-state index is 12.6. The molecule has 118 valence electrons. The van der Waals surface area contributed by atoms with E-state index in [1.165, 1.54) is 36.8 Å². The van der Waals surface area contributed by atoms with Crippen LogP contribution in [0.1, 0.15) is 55.7 Å². The lowest BCUT2D eigenvalue weighted by atomic mass is 9.85. The Morgan fingerprint density at radius 1 is 1.23 bits per heavy atom. The lowest BCUT2D eigenvalue weighted by Gasteiger charge is -2.24. The molecule has 2 aliphatic carbocycles. The van der Waals surface area contributed by atoms with Crippen molar-refractivity contribution in [1.29, 1.82) is 0 Å². The summed E-state index contributed by atoms with van der Waals surface area (Å²) in [6.45, 7) is 0. The first kappa shape index (κ1) is 14.5. The smallest absolute Gasteiger partial charge is 0.237 e. The lowest BCUT2D eigenvalue weighted by molar-refractivity contribution is -0.123. The van der Waals surface area contributed by atoms with E-state index < -0.39 is 0 Å². The molecular weight excluding hydrogens is 296 g/mol. The zero-order chi connectivity index (χ0) is 15.1. The number of amides is 1. The van der Waals surface area contributed by atoms with Crippen molar-refractivity contribution in [3.63, 3.8) is 0 Å². The van der Waals surface area contributed by atoms with Crippen LogP contribution in [0, 0.1) is 5.92 Å². The van der Waals surface area contributed by atoms with Gasteiger partial charge in [0.05, 0.1) is 12.1 Å². The molecule has 4 heteroatoms. The fourth-order valence-electron chi connectivity index (χ4n) is 4.53. The van der Waals surface area contributed by atoms with Gasteiger partial charge in [-0.1, -0.05) is 30.5 Å². The highest BCUT2D eigenvalue weighted by molar-refractivity contribution is 6.30. The van der Waals surface area contributed by atoms with Crippen molar-refractivity contribution in [2.75, 3.05) is 0 Å². The van der Waals surface area contributed by atoms with E-state index in [9.17, 15) is 4.79 Å². The molecule has 2 N–H and O–H groups in total. The first-order valence-corrected chi connectivity index (χ1v) is 8.93. The lowest BCUT2D eigenvalue weighted by Crippen LogP contribution is -2.44. The number of benzene rings is 1. The predicted molar refractivity (Wildman–Crippen MR) is 87.9 cm³/mol. The number of aryl methyl sites for hydroxylation is 1. The molecule has 1 saturated heterocycles. The second-order valence-corrected chi connectivity index (χ2v) is 7.49. The molecule has 2 fully saturated rings. The summed E-state index contributed by atoms with van der Waals surface area (Å²) in [5.41, 5.74) is 2.53. The second-order valence-electron chi connectivity index (χ2n) is 7.05. The van der Waals surface area contributed by atoms with Crippen molar-refractivity contribution in [3.05, 3.63) is 34.3 Å². The highest BCUT2D eigenvalue weighted by atomic mass is 35.5. The Bertz CT molecular complexity index is 574. The van der Waals surface area contributed by atoms with E-state index in [0.717, 1.165) is 24.3 Å². The molecular formula is C18H23ClN2O. The highest BCUT2D eigenvalue weighted by Gasteiger charge is 2.39. The summed E-state index contributed by atoms with van der Waals surface area (Å²) in [6, 6.07) is 6.75. The molecule has 4 atom stereocenters. The van der Waals surface area contributed by atoms with Crippen LogP contribution in [0.3, 0.4) is 0 Å². The number of carbonyl (C=O) groups is 1. The van der Waals surface area contributed by atoms with E-state index >= 15 is 0 Å². The van der Waals surface area contributed by atoms with E-state index in [4.69, 9.17) is 11.6 Å². The van der Waals surface area contributed by atoms with Crippen molar-refractivity contribution < 1.29 is 4.79 Å². The van der Waals surface area contributed by atoms with Crippen LogP contribution in [-0.2, 0) is 11.2 Å². The van der Waals surface area contributed by atoms with Crippen LogP contribution in [0.15, 0.2) is 18.2 Å². The standard InChI is InChI=1S/C18H23ClN2O/c19-13-6-7-14-11(9-13)5-8-16(14)21-18(22)17-10-12-3-1-2-4-15(12)20-17/h6-7,9,12,15-17,20H,1-5,8,10H2,(H,21,22). The number of rotatable bonds is 2. The molecule has 0 aromatic heterocycles. The van der Waals surface area contributed by atoms with Crippen LogP contribution in [-0.4, -0.2) is 18.0 Å². The summed E-state index contributed by atoms with van der Waals surface area (Å²) in [5, 5.41) is 7.61. The average molecular weight is 319 g/mol. The summed E-state index contributed by atoms with van der Waals surface area (Å²) in [4.78, 5) is 12.6. The van der Waals surface area contributed by atoms with Crippen molar-refractivity contribution in [1.82, 2.24) is 10.6 Å². The van der Waals surface area contributed by atoms with Crippen LogP contribution >= 0.6 is 11.6 Å². The molecule has 0 radical (unpaired) electrons. The van der Waals surface area contributed by atoms with Crippen LogP contribution in [0.25, 0.3) is 0 Å². The molecule has 4 rings (SSSR count). The molecule has 0 spiro atoms. The summed E-state index contributed by atoms with van der Waals surface area (Å²) >= 11 is 6.05. The minimum atomic E-state index is 0.00412. The van der Waals surface area contributed by atoms with Crippen LogP contribution in [0.2, 0.25) is 5.02 Å². The second kappa shape index (κ2) is 5.86. The number of hydrogen-bond donors (Lipinski definition) is 2. The van der Waals surface area contributed by atoms with E-state index in [2.05, 4.69) is 16.7 Å². The van der Waals surface area contributed by atoms with Gasteiger partial charge in [-0.3, -0.25) is 4.79 Å². The Morgan fingerprint density at radius 3 is 2.95 bits per heavy atom. The third kappa shape index (κ3) is 2.65. The van der Waals surface area contributed by atoms with Gasteiger partial charge in [-0.25, -0.2) is 0 Å². The van der Waals surface area contributed by atoms with Crippen molar-refractivity contribution in [3.8, 4) is 0 Å². The van der Waals surface area contributed by atoms with Crippen LogP contribution in [0.5, 0.6) is 0 Å². The number of fused-ring (bicyclic) bond motifs is 2. The zero-order valence-electron chi connectivity index (χ0n) is 12.8. The molecule has 3 aliphatic rings. The maximum Gasteiger partial charge on any atom is 0.237 e. The Labute approximate surface area is 136 Å². The normalized spacial score (nSPS) is 33.3. The molecule has 1 aliphatic heterocycles. The predicted octanol–water partition coefficient (Wildman–Crippen LogP) is 3.36. The van der Waals surface area contributed by atoms with Gasteiger partial charge in [-0.15, -0.1) is 0 Å². The fraction of sp³-hybridized carbons (Fsp3) is 0.611. The van der Waals surface area contributed by atoms with Gasteiger partial charge in [0.25, 0.3) is 0 Å². The minimum absolute atomic E-state index is 0.00412. The molecule has 1 aromatic rings. The van der Waals surface area contributed by atoms with Gasteiger partial charge in [0, 0.05) is 11.1 Å². The molecule has 0 bridgehead atoms. The Morgan fingerprint density at radius 2 is 2.09 bits per heavy atom. The molecule has 1 amide bonds. The first-order chi connectivity index (χ1) is 10.7. The van der Waals surface area contributed by atoms with Crippen molar-refractivity contribution in [2.24, 2.45) is 5.92 Å². The summed E-state index contributed by atoms with van der Waals surface area (Å²) in [6.07, 6.45) is 8.15. The van der Waals surface area contributed by atoms with Gasteiger partial charge in [-0.05, 0) is 61.3 Å². The largest absolute Gasteiger partial charge is 0.348 e. The van der Waals surface area contributed by atoms with Crippen LogP contribution in [0.4, 0.5) is 0 Å². The van der Waals surface area contributed by atoms with Gasteiger partial charge in [0.2, 0.25) is 5.91 Å². The van der Waals surface area contributed by atoms with Crippen molar-refractivity contribution >= 4 is 17.5 Å². The van der Waals surface area contributed by atoms with Gasteiger partial charge < -0.3 is 10.6 Å². The van der Waals surface area contributed by atoms with Gasteiger partial charge in [-0.2, -0.15) is 0 Å². The number of nitrogens with one attached hydrogen (secondary N) is 2. The van der Waals surface area contributed by atoms with Gasteiger partial charge >= 0.3 is 0 Å². The third-order valence-electron chi connectivity index (χ3n) is 5.68. The Hall–Kier alpha value is -1.06. The first-order valence-electron chi connectivity index (χ1n) is 8.55.